The van der Waals surface area contributed by atoms with Crippen LogP contribution in [0, 0.1) is 0 Å². The lowest BCUT2D eigenvalue weighted by Gasteiger charge is -2.17. The second-order valence-corrected chi connectivity index (χ2v) is 8.07. The van der Waals surface area contributed by atoms with Crippen molar-refractivity contribution in [3.63, 3.8) is 0 Å². The normalized spacial score (nSPS) is 10.5. The highest BCUT2D eigenvalue weighted by Crippen LogP contribution is 2.27. The van der Waals surface area contributed by atoms with Crippen LogP contribution in [0.25, 0.3) is 11.5 Å². The largest absolute Gasteiger partial charge is 0.495 e. The molecule has 0 aliphatic carbocycles. The van der Waals surface area contributed by atoms with Gasteiger partial charge in [-0.05, 0) is 30.3 Å². The van der Waals surface area contributed by atoms with Crippen molar-refractivity contribution in [1.29, 1.82) is 0 Å². The molecule has 1 N–H and O–H groups in total. The summed E-state index contributed by atoms with van der Waals surface area (Å²) in [6.07, 6.45) is 1.59. The number of halogens is 1. The second kappa shape index (κ2) is 10.9. The first-order valence-electron chi connectivity index (χ1n) is 9.41. The average Bonchev–Trinajstić information content (AvgIpc) is 3.23. The topological polar surface area (TPSA) is 84.7 Å². The molecule has 0 spiro atoms. The fourth-order valence-electron chi connectivity index (χ4n) is 2.71. The van der Waals surface area contributed by atoms with Crippen LogP contribution in [0.4, 0.5) is 5.69 Å². The Labute approximate surface area is 189 Å². The molecule has 2 aromatic carbocycles. The molecular weight excluding hydrogens is 438 g/mol. The number of ether oxygens (including phenoxy) is 1. The van der Waals surface area contributed by atoms with E-state index in [1.165, 1.54) is 23.8 Å². The summed E-state index contributed by atoms with van der Waals surface area (Å²) in [6.45, 7) is -0.0861. The van der Waals surface area contributed by atoms with Gasteiger partial charge in [-0.25, -0.2) is 4.98 Å². The third-order valence-corrected chi connectivity index (χ3v) is 5.48. The maximum Gasteiger partial charge on any atom is 0.244 e. The fourth-order valence-corrected chi connectivity index (χ4v) is 3.72. The van der Waals surface area contributed by atoms with Crippen molar-refractivity contribution < 1.29 is 18.7 Å². The molecule has 0 bridgehead atoms. The van der Waals surface area contributed by atoms with Crippen LogP contribution in [-0.4, -0.2) is 48.2 Å². The maximum atomic E-state index is 12.4. The smallest absolute Gasteiger partial charge is 0.244 e. The lowest BCUT2D eigenvalue weighted by atomic mass is 10.2. The van der Waals surface area contributed by atoms with Gasteiger partial charge in [-0.15, -0.1) is 11.8 Å². The Morgan fingerprint density at radius 1 is 1.23 bits per heavy atom. The molecule has 1 heterocycles. The van der Waals surface area contributed by atoms with Gasteiger partial charge in [-0.2, -0.15) is 0 Å². The number of methoxy groups -OCH3 is 1. The highest BCUT2D eigenvalue weighted by Gasteiger charge is 2.15. The van der Waals surface area contributed by atoms with E-state index in [1.807, 2.05) is 30.3 Å². The van der Waals surface area contributed by atoms with Crippen molar-refractivity contribution in [2.45, 2.75) is 5.75 Å². The molecule has 0 aliphatic rings. The van der Waals surface area contributed by atoms with Crippen LogP contribution in [-0.2, 0) is 15.3 Å². The molecule has 1 aromatic heterocycles. The van der Waals surface area contributed by atoms with E-state index in [0.717, 1.165) is 11.3 Å². The molecule has 0 unspecified atom stereocenters. The van der Waals surface area contributed by atoms with Crippen LogP contribution >= 0.6 is 23.4 Å². The summed E-state index contributed by atoms with van der Waals surface area (Å²) in [5.74, 6) is 1.28. The summed E-state index contributed by atoms with van der Waals surface area (Å²) in [4.78, 5) is 30.5. The molecule has 31 heavy (non-hydrogen) atoms. The number of oxazole rings is 1. The summed E-state index contributed by atoms with van der Waals surface area (Å²) in [5, 5.41) is 3.19. The molecule has 0 aliphatic heterocycles. The van der Waals surface area contributed by atoms with E-state index in [2.05, 4.69) is 10.3 Å². The van der Waals surface area contributed by atoms with Gasteiger partial charge in [-0.1, -0.05) is 29.8 Å². The highest BCUT2D eigenvalue weighted by molar-refractivity contribution is 7.99. The van der Waals surface area contributed by atoms with Crippen molar-refractivity contribution in [1.82, 2.24) is 9.88 Å². The molecule has 0 fully saturated rings. The third-order valence-electron chi connectivity index (χ3n) is 4.29. The Morgan fingerprint density at radius 3 is 2.74 bits per heavy atom. The highest BCUT2D eigenvalue weighted by atomic mass is 35.5. The Morgan fingerprint density at radius 2 is 2.00 bits per heavy atom. The molecular formula is C22H22ClN3O4S. The average molecular weight is 460 g/mol. The molecule has 0 atom stereocenters. The lowest BCUT2D eigenvalue weighted by Crippen LogP contribution is -2.36. The number of hydrogen-bond donors (Lipinski definition) is 1. The van der Waals surface area contributed by atoms with E-state index >= 15 is 0 Å². The van der Waals surface area contributed by atoms with Gasteiger partial charge in [0.25, 0.3) is 0 Å². The zero-order valence-corrected chi connectivity index (χ0v) is 18.7. The van der Waals surface area contributed by atoms with Crippen LogP contribution in [0.5, 0.6) is 5.75 Å². The minimum Gasteiger partial charge on any atom is -0.495 e. The van der Waals surface area contributed by atoms with Crippen LogP contribution in [0.2, 0.25) is 5.02 Å². The Balaban J connectivity index is 1.45. The number of nitrogens with zero attached hydrogens (tertiary/aromatic N) is 2. The zero-order chi connectivity index (χ0) is 22.2. The van der Waals surface area contributed by atoms with Crippen LogP contribution in [0.15, 0.2) is 59.2 Å². The van der Waals surface area contributed by atoms with Crippen molar-refractivity contribution in [2.75, 3.05) is 31.8 Å². The zero-order valence-electron chi connectivity index (χ0n) is 17.1. The van der Waals surface area contributed by atoms with E-state index in [9.17, 15) is 9.59 Å². The van der Waals surface area contributed by atoms with Gasteiger partial charge >= 0.3 is 0 Å². The van der Waals surface area contributed by atoms with E-state index in [-0.39, 0.29) is 24.1 Å². The molecule has 7 nitrogen and oxygen atoms in total. The summed E-state index contributed by atoms with van der Waals surface area (Å²) >= 11 is 7.38. The Kier molecular flexibility index (Phi) is 7.97. The van der Waals surface area contributed by atoms with Gasteiger partial charge in [0.05, 0.1) is 30.8 Å². The number of carbonyl (C=O) groups excluding carboxylic acids is 2. The number of amides is 2. The Hall–Kier alpha value is -2.97. The fraction of sp³-hybridized carbons (Fsp3) is 0.227. The minimum atomic E-state index is -0.342. The first-order chi connectivity index (χ1) is 15.0. The molecule has 3 rings (SSSR count). The minimum absolute atomic E-state index is 0.0861. The number of nitrogens with one attached hydrogen (secondary N) is 1. The molecule has 0 saturated carbocycles. The predicted octanol–water partition coefficient (Wildman–Crippen LogP) is 4.33. The number of likely N-dealkylation sites (N-methyl/N-ethyl adjacent to an activating group) is 1. The molecule has 0 saturated heterocycles. The maximum absolute atomic E-state index is 12.4. The van der Waals surface area contributed by atoms with Crippen molar-refractivity contribution >= 4 is 40.9 Å². The number of benzene rings is 2. The molecule has 162 valence electrons. The van der Waals surface area contributed by atoms with E-state index in [0.29, 0.717) is 28.1 Å². The van der Waals surface area contributed by atoms with Gasteiger partial charge in [0.2, 0.25) is 17.7 Å². The predicted molar refractivity (Wildman–Crippen MR) is 122 cm³/mol. The van der Waals surface area contributed by atoms with Gasteiger partial charge in [0, 0.05) is 23.4 Å². The van der Waals surface area contributed by atoms with Crippen molar-refractivity contribution in [3.05, 3.63) is 65.5 Å². The standard InChI is InChI=1S/C22H22ClN3O4S/c1-26(11-20(27)25-18-10-16(23)8-9-19(18)29-2)21(28)14-31-13-17-12-30-22(24-17)15-6-4-3-5-7-15/h3-10,12H,11,13-14H2,1-2H3,(H,25,27). The van der Waals surface area contributed by atoms with Crippen LogP contribution < -0.4 is 10.1 Å². The number of anilines is 1. The van der Waals surface area contributed by atoms with Gasteiger partial charge in [-0.3, -0.25) is 9.59 Å². The summed E-state index contributed by atoms with van der Waals surface area (Å²) < 4.78 is 10.7. The first-order valence-corrected chi connectivity index (χ1v) is 10.9. The number of rotatable bonds is 9. The monoisotopic (exact) mass is 459 g/mol. The SMILES string of the molecule is COc1ccc(Cl)cc1NC(=O)CN(C)C(=O)CSCc1coc(-c2ccccc2)n1. The van der Waals surface area contributed by atoms with E-state index in [1.54, 1.807) is 31.5 Å². The molecule has 2 amide bonds. The summed E-state index contributed by atoms with van der Waals surface area (Å²) in [7, 11) is 3.09. The second-order valence-electron chi connectivity index (χ2n) is 6.65. The van der Waals surface area contributed by atoms with Gasteiger partial charge in [0.15, 0.2) is 0 Å². The quantitative estimate of drug-likeness (QED) is 0.512. The summed E-state index contributed by atoms with van der Waals surface area (Å²) in [5.41, 5.74) is 2.11. The van der Waals surface area contributed by atoms with E-state index < -0.39 is 0 Å². The number of carbonyl (C=O) groups is 2. The summed E-state index contributed by atoms with van der Waals surface area (Å²) in [6, 6.07) is 14.5. The third kappa shape index (κ3) is 6.50. The van der Waals surface area contributed by atoms with Crippen molar-refractivity contribution in [3.8, 4) is 17.2 Å². The number of aromatic nitrogens is 1. The number of hydrogen-bond acceptors (Lipinski definition) is 6. The molecule has 3 aromatic rings. The van der Waals surface area contributed by atoms with Gasteiger partial charge in [0.1, 0.15) is 12.0 Å². The van der Waals surface area contributed by atoms with Crippen LogP contribution in [0.3, 0.4) is 0 Å². The van der Waals surface area contributed by atoms with Gasteiger partial charge < -0.3 is 19.4 Å². The number of thioether (sulfide) groups is 1. The van der Waals surface area contributed by atoms with E-state index in [4.69, 9.17) is 20.8 Å². The van der Waals surface area contributed by atoms with Crippen LogP contribution in [0.1, 0.15) is 5.69 Å². The first kappa shape index (κ1) is 22.7. The lowest BCUT2D eigenvalue weighted by molar-refractivity contribution is -0.131. The molecule has 9 heteroatoms. The Bertz CT molecular complexity index is 1040. The van der Waals surface area contributed by atoms with Crippen molar-refractivity contribution in [2.24, 2.45) is 0 Å². The molecule has 0 radical (unpaired) electrons.